The van der Waals surface area contributed by atoms with Crippen molar-refractivity contribution in [1.29, 1.82) is 0 Å². The van der Waals surface area contributed by atoms with E-state index >= 15 is 0 Å². The van der Waals surface area contributed by atoms with Crippen LogP contribution in [0.1, 0.15) is 5.56 Å². The Balaban J connectivity index is 2.46. The second-order valence-corrected chi connectivity index (χ2v) is 6.24. The molecule has 0 aliphatic heterocycles. The first-order valence-electron chi connectivity index (χ1n) is 5.62. The van der Waals surface area contributed by atoms with E-state index in [1.165, 1.54) is 19.1 Å². The Hall–Kier alpha value is -1.92. The second-order valence-electron chi connectivity index (χ2n) is 4.15. The second kappa shape index (κ2) is 5.22. The Kier molecular flexibility index (Phi) is 3.78. The molecule has 0 saturated carbocycles. The predicted molar refractivity (Wildman–Crippen MR) is 76.8 cm³/mol. The number of hydrogen-bond acceptors (Lipinski definition) is 4. The fraction of sp³-hybridized carbons (Fsp3) is 0.0769. The van der Waals surface area contributed by atoms with E-state index in [0.717, 1.165) is 6.07 Å². The van der Waals surface area contributed by atoms with Gasteiger partial charge in [-0.1, -0.05) is 29.8 Å². The molecule has 0 bridgehead atoms. The monoisotopic (exact) mass is 313 g/mol. The minimum absolute atomic E-state index is 0.0499. The van der Waals surface area contributed by atoms with Gasteiger partial charge in [-0.05, 0) is 25.1 Å². The third-order valence-corrected chi connectivity index (χ3v) is 4.43. The van der Waals surface area contributed by atoms with Gasteiger partial charge in [0.2, 0.25) is 0 Å². The van der Waals surface area contributed by atoms with Crippen LogP contribution >= 0.6 is 11.6 Å². The van der Waals surface area contributed by atoms with Crippen molar-refractivity contribution in [2.45, 2.75) is 11.8 Å². The Labute approximate surface area is 121 Å². The van der Waals surface area contributed by atoms with Crippen LogP contribution in [0.4, 0.5) is 5.69 Å². The van der Waals surface area contributed by atoms with E-state index in [0.29, 0.717) is 0 Å². The Bertz CT molecular complexity index is 745. The van der Waals surface area contributed by atoms with E-state index in [1.807, 2.05) is 0 Å². The first kappa shape index (κ1) is 14.5. The van der Waals surface area contributed by atoms with Crippen LogP contribution in [0.3, 0.4) is 0 Å². The number of hydrogen-bond donors (Lipinski definition) is 3. The van der Waals surface area contributed by atoms with E-state index in [1.54, 1.807) is 18.2 Å². The summed E-state index contributed by atoms with van der Waals surface area (Å²) in [5, 5.41) is 19.4. The lowest BCUT2D eigenvalue weighted by molar-refractivity contribution is 0.445. The molecule has 0 aliphatic carbocycles. The standard InChI is InChI=1S/C13H12ClNO4S/c1-8-12(16)10(14)7-11(13(8)17)15-20(18,19)9-5-3-2-4-6-9/h2-7,15-17H,1H3. The highest BCUT2D eigenvalue weighted by molar-refractivity contribution is 7.92. The molecule has 0 amide bonds. The highest BCUT2D eigenvalue weighted by Gasteiger charge is 2.19. The van der Waals surface area contributed by atoms with Crippen LogP contribution in [0.2, 0.25) is 5.02 Å². The molecule has 7 heteroatoms. The molecule has 0 radical (unpaired) electrons. The molecule has 20 heavy (non-hydrogen) atoms. The molecular weight excluding hydrogens is 302 g/mol. The summed E-state index contributed by atoms with van der Waals surface area (Å²) in [4.78, 5) is 0.0567. The molecule has 0 saturated heterocycles. The van der Waals surface area contributed by atoms with E-state index in [-0.39, 0.29) is 32.7 Å². The molecule has 2 aromatic rings. The summed E-state index contributed by atoms with van der Waals surface area (Å²) in [5.41, 5.74) is 0.0115. The molecule has 0 heterocycles. The van der Waals surface area contributed by atoms with E-state index in [4.69, 9.17) is 11.6 Å². The quantitative estimate of drug-likeness (QED) is 0.600. The van der Waals surface area contributed by atoms with Crippen molar-refractivity contribution in [1.82, 2.24) is 0 Å². The molecule has 0 atom stereocenters. The van der Waals surface area contributed by atoms with Gasteiger partial charge in [0.15, 0.2) is 0 Å². The lowest BCUT2D eigenvalue weighted by atomic mass is 10.2. The molecular formula is C13H12ClNO4S. The van der Waals surface area contributed by atoms with Crippen LogP contribution in [0.5, 0.6) is 11.5 Å². The largest absolute Gasteiger partial charge is 0.506 e. The SMILES string of the molecule is Cc1c(O)c(Cl)cc(NS(=O)(=O)c2ccccc2)c1O. The summed E-state index contributed by atoms with van der Waals surface area (Å²) in [6.07, 6.45) is 0. The Morgan fingerprint density at radius 3 is 2.30 bits per heavy atom. The number of rotatable bonds is 3. The average Bonchev–Trinajstić information content (AvgIpc) is 2.43. The molecule has 0 aromatic heterocycles. The number of phenols is 2. The van der Waals surface area contributed by atoms with Gasteiger partial charge in [-0.15, -0.1) is 0 Å². The van der Waals surface area contributed by atoms with Crippen LogP contribution in [0.25, 0.3) is 0 Å². The maximum atomic E-state index is 12.1. The van der Waals surface area contributed by atoms with Gasteiger partial charge in [0.05, 0.1) is 15.6 Å². The zero-order chi connectivity index (χ0) is 14.9. The van der Waals surface area contributed by atoms with E-state index in [2.05, 4.69) is 4.72 Å². The number of sulfonamides is 1. The normalized spacial score (nSPS) is 11.3. The zero-order valence-corrected chi connectivity index (χ0v) is 12.0. The van der Waals surface area contributed by atoms with Crippen LogP contribution in [0, 0.1) is 6.92 Å². The van der Waals surface area contributed by atoms with Gasteiger partial charge >= 0.3 is 0 Å². The first-order valence-corrected chi connectivity index (χ1v) is 7.48. The topological polar surface area (TPSA) is 86.6 Å². The summed E-state index contributed by atoms with van der Waals surface area (Å²) in [6.45, 7) is 1.43. The van der Waals surface area contributed by atoms with Crippen LogP contribution in [-0.2, 0) is 10.0 Å². The Morgan fingerprint density at radius 1 is 1.10 bits per heavy atom. The number of benzene rings is 2. The van der Waals surface area contributed by atoms with Gasteiger partial charge in [0, 0.05) is 5.56 Å². The molecule has 3 N–H and O–H groups in total. The van der Waals surface area contributed by atoms with E-state index in [9.17, 15) is 18.6 Å². The first-order chi connectivity index (χ1) is 9.33. The molecule has 106 valence electrons. The molecule has 0 unspecified atom stereocenters. The third-order valence-electron chi connectivity index (χ3n) is 2.76. The van der Waals surface area contributed by atoms with Crippen molar-refractivity contribution in [3.8, 4) is 11.5 Å². The van der Waals surface area contributed by atoms with Crippen LogP contribution in [0.15, 0.2) is 41.3 Å². The van der Waals surface area contributed by atoms with Gasteiger partial charge in [0.25, 0.3) is 10.0 Å². The molecule has 2 aromatic carbocycles. The highest BCUT2D eigenvalue weighted by Crippen LogP contribution is 2.40. The van der Waals surface area contributed by atoms with Crippen molar-refractivity contribution in [2.75, 3.05) is 4.72 Å². The highest BCUT2D eigenvalue weighted by atomic mass is 35.5. The number of halogens is 1. The average molecular weight is 314 g/mol. The summed E-state index contributed by atoms with van der Waals surface area (Å²) in [5.74, 6) is -0.654. The van der Waals surface area contributed by atoms with Gasteiger partial charge < -0.3 is 10.2 Å². The summed E-state index contributed by atoms with van der Waals surface area (Å²) >= 11 is 5.77. The van der Waals surface area contributed by atoms with Gasteiger partial charge in [0.1, 0.15) is 11.5 Å². The molecule has 0 spiro atoms. The Morgan fingerprint density at radius 2 is 1.70 bits per heavy atom. The van der Waals surface area contributed by atoms with Gasteiger partial charge in [-0.3, -0.25) is 4.72 Å². The zero-order valence-electron chi connectivity index (χ0n) is 10.5. The molecule has 5 nitrogen and oxygen atoms in total. The summed E-state index contributed by atoms with van der Waals surface area (Å²) in [6, 6.07) is 8.87. The summed E-state index contributed by atoms with van der Waals surface area (Å²) < 4.78 is 26.5. The lowest BCUT2D eigenvalue weighted by Crippen LogP contribution is -2.13. The number of anilines is 1. The van der Waals surface area contributed by atoms with Crippen LogP contribution in [-0.4, -0.2) is 18.6 Å². The van der Waals surface area contributed by atoms with Crippen molar-refractivity contribution in [3.05, 3.63) is 47.0 Å². The minimum atomic E-state index is -3.83. The maximum Gasteiger partial charge on any atom is 0.262 e. The predicted octanol–water partition coefficient (Wildman–Crippen LogP) is 2.86. The van der Waals surface area contributed by atoms with Gasteiger partial charge in [-0.25, -0.2) is 8.42 Å². The van der Waals surface area contributed by atoms with Crippen LogP contribution < -0.4 is 4.72 Å². The van der Waals surface area contributed by atoms with Crippen molar-refractivity contribution >= 4 is 27.3 Å². The van der Waals surface area contributed by atoms with Crippen molar-refractivity contribution < 1.29 is 18.6 Å². The molecule has 0 fully saturated rings. The maximum absolute atomic E-state index is 12.1. The number of aromatic hydroxyl groups is 2. The molecule has 0 aliphatic rings. The number of phenolic OH excluding ortho intramolecular Hbond substituents is 2. The fourth-order valence-corrected chi connectivity index (χ4v) is 2.97. The summed E-state index contributed by atoms with van der Waals surface area (Å²) in [7, 11) is -3.83. The number of nitrogens with one attached hydrogen (secondary N) is 1. The smallest absolute Gasteiger partial charge is 0.262 e. The van der Waals surface area contributed by atoms with Crippen molar-refractivity contribution in [2.24, 2.45) is 0 Å². The third kappa shape index (κ3) is 2.66. The van der Waals surface area contributed by atoms with Crippen molar-refractivity contribution in [3.63, 3.8) is 0 Å². The lowest BCUT2D eigenvalue weighted by Gasteiger charge is -2.13. The molecule has 2 rings (SSSR count). The van der Waals surface area contributed by atoms with Gasteiger partial charge in [-0.2, -0.15) is 0 Å². The minimum Gasteiger partial charge on any atom is -0.506 e. The fourth-order valence-electron chi connectivity index (χ4n) is 1.64. The van der Waals surface area contributed by atoms with E-state index < -0.39 is 10.0 Å².